The van der Waals surface area contributed by atoms with Gasteiger partial charge in [0.1, 0.15) is 0 Å². The Hall–Kier alpha value is -1.55. The van der Waals surface area contributed by atoms with E-state index in [-0.39, 0.29) is 4.87 Å². The number of nitrogen functional groups attached to an aromatic ring is 1. The highest BCUT2D eigenvalue weighted by Gasteiger charge is 2.04. The molecule has 0 saturated heterocycles. The van der Waals surface area contributed by atoms with E-state index >= 15 is 0 Å². The SMILES string of the molecule is Cn1c(-c2ccc(N)cc2)csc1=O. The zero-order valence-corrected chi connectivity index (χ0v) is 8.54. The molecule has 0 aliphatic rings. The molecule has 0 fully saturated rings. The van der Waals surface area contributed by atoms with E-state index in [9.17, 15) is 4.79 Å². The van der Waals surface area contributed by atoms with Gasteiger partial charge in [-0.05, 0) is 17.7 Å². The summed E-state index contributed by atoms with van der Waals surface area (Å²) >= 11 is 1.21. The monoisotopic (exact) mass is 206 g/mol. The van der Waals surface area contributed by atoms with Gasteiger partial charge in [0.25, 0.3) is 0 Å². The molecule has 0 radical (unpaired) electrons. The molecule has 1 aromatic carbocycles. The lowest BCUT2D eigenvalue weighted by molar-refractivity contribution is 0.906. The maximum Gasteiger partial charge on any atom is 0.307 e. The fraction of sp³-hybridized carbons (Fsp3) is 0.100. The highest BCUT2D eigenvalue weighted by Crippen LogP contribution is 2.19. The molecule has 0 unspecified atom stereocenters. The van der Waals surface area contributed by atoms with Crippen LogP contribution >= 0.6 is 11.3 Å². The summed E-state index contributed by atoms with van der Waals surface area (Å²) in [5.74, 6) is 0. The first-order chi connectivity index (χ1) is 6.68. The third-order valence-corrected chi connectivity index (χ3v) is 2.93. The molecule has 0 atom stereocenters. The Morgan fingerprint density at radius 1 is 1.29 bits per heavy atom. The molecule has 14 heavy (non-hydrogen) atoms. The molecule has 2 rings (SSSR count). The summed E-state index contributed by atoms with van der Waals surface area (Å²) in [6.07, 6.45) is 0. The topological polar surface area (TPSA) is 48.0 Å². The second kappa shape index (κ2) is 3.31. The fourth-order valence-electron chi connectivity index (χ4n) is 1.28. The molecule has 3 nitrogen and oxygen atoms in total. The van der Waals surface area contributed by atoms with Crippen LogP contribution in [-0.4, -0.2) is 4.57 Å². The Kier molecular flexibility index (Phi) is 2.13. The van der Waals surface area contributed by atoms with E-state index in [0.717, 1.165) is 16.9 Å². The predicted molar refractivity (Wildman–Crippen MR) is 59.4 cm³/mol. The lowest BCUT2D eigenvalue weighted by Crippen LogP contribution is -2.08. The van der Waals surface area contributed by atoms with Crippen LogP contribution in [0.3, 0.4) is 0 Å². The minimum Gasteiger partial charge on any atom is -0.399 e. The van der Waals surface area contributed by atoms with Gasteiger partial charge >= 0.3 is 4.87 Å². The molecular formula is C10H10N2OS. The van der Waals surface area contributed by atoms with Gasteiger partial charge in [-0.3, -0.25) is 4.79 Å². The quantitative estimate of drug-likeness (QED) is 0.722. The first-order valence-corrected chi connectivity index (χ1v) is 5.07. The standard InChI is InChI=1S/C10H10N2OS/c1-12-9(6-14-10(12)13)7-2-4-8(11)5-3-7/h2-6H,11H2,1H3. The fourth-order valence-corrected chi connectivity index (χ4v) is 2.04. The molecule has 0 amide bonds. The third-order valence-electron chi connectivity index (χ3n) is 2.11. The van der Waals surface area contributed by atoms with Crippen molar-refractivity contribution in [2.45, 2.75) is 0 Å². The highest BCUT2D eigenvalue weighted by atomic mass is 32.1. The first kappa shape index (κ1) is 9.02. The molecule has 0 spiro atoms. The van der Waals surface area contributed by atoms with Crippen LogP contribution in [0.1, 0.15) is 0 Å². The summed E-state index contributed by atoms with van der Waals surface area (Å²) in [6.45, 7) is 0. The first-order valence-electron chi connectivity index (χ1n) is 4.19. The number of hydrogen-bond donors (Lipinski definition) is 1. The van der Waals surface area contributed by atoms with E-state index in [1.54, 1.807) is 11.6 Å². The summed E-state index contributed by atoms with van der Waals surface area (Å²) in [5.41, 5.74) is 8.26. The number of nitrogens with zero attached hydrogens (tertiary/aromatic N) is 1. The van der Waals surface area contributed by atoms with E-state index < -0.39 is 0 Å². The molecule has 72 valence electrons. The average Bonchev–Trinajstić information content (AvgIpc) is 2.50. The van der Waals surface area contributed by atoms with E-state index in [1.807, 2.05) is 29.6 Å². The van der Waals surface area contributed by atoms with Gasteiger partial charge in [0, 0.05) is 18.1 Å². The van der Waals surface area contributed by atoms with Crippen molar-refractivity contribution < 1.29 is 0 Å². The van der Waals surface area contributed by atoms with Crippen LogP contribution in [0.25, 0.3) is 11.3 Å². The summed E-state index contributed by atoms with van der Waals surface area (Å²) in [5, 5.41) is 1.86. The zero-order chi connectivity index (χ0) is 10.1. The van der Waals surface area contributed by atoms with E-state index in [1.165, 1.54) is 11.3 Å². The predicted octanol–water partition coefficient (Wildman–Crippen LogP) is 1.70. The van der Waals surface area contributed by atoms with Crippen molar-refractivity contribution >= 4 is 17.0 Å². The highest BCUT2D eigenvalue weighted by molar-refractivity contribution is 7.07. The maximum atomic E-state index is 11.2. The van der Waals surface area contributed by atoms with Crippen molar-refractivity contribution in [2.24, 2.45) is 7.05 Å². The number of aromatic nitrogens is 1. The van der Waals surface area contributed by atoms with Crippen LogP contribution < -0.4 is 10.6 Å². The second-order valence-electron chi connectivity index (χ2n) is 3.07. The van der Waals surface area contributed by atoms with Gasteiger partial charge in [-0.15, -0.1) is 0 Å². The number of benzene rings is 1. The molecule has 2 aromatic rings. The lowest BCUT2D eigenvalue weighted by atomic mass is 10.1. The van der Waals surface area contributed by atoms with Gasteiger partial charge in [0.2, 0.25) is 0 Å². The van der Waals surface area contributed by atoms with Gasteiger partial charge < -0.3 is 10.3 Å². The summed E-state index contributed by atoms with van der Waals surface area (Å²) in [7, 11) is 1.77. The number of nitrogens with two attached hydrogens (primary N) is 1. The van der Waals surface area contributed by atoms with Crippen molar-refractivity contribution in [3.05, 3.63) is 39.3 Å². The summed E-state index contributed by atoms with van der Waals surface area (Å²) in [6, 6.07) is 7.49. The number of thiazole rings is 1. The van der Waals surface area contributed by atoms with Gasteiger partial charge in [-0.1, -0.05) is 23.5 Å². The number of anilines is 1. The van der Waals surface area contributed by atoms with Crippen LogP contribution in [-0.2, 0) is 7.05 Å². The van der Waals surface area contributed by atoms with Gasteiger partial charge in [0.05, 0.1) is 5.69 Å². The molecular weight excluding hydrogens is 196 g/mol. The Morgan fingerprint density at radius 3 is 2.43 bits per heavy atom. The van der Waals surface area contributed by atoms with E-state index in [2.05, 4.69) is 0 Å². The zero-order valence-electron chi connectivity index (χ0n) is 7.73. The minimum absolute atomic E-state index is 0.0526. The molecule has 0 aliphatic heterocycles. The number of rotatable bonds is 1. The van der Waals surface area contributed by atoms with Crippen molar-refractivity contribution in [3.8, 4) is 11.3 Å². The van der Waals surface area contributed by atoms with Crippen LogP contribution in [0, 0.1) is 0 Å². The minimum atomic E-state index is 0.0526. The molecule has 2 N–H and O–H groups in total. The van der Waals surface area contributed by atoms with Crippen molar-refractivity contribution in [1.29, 1.82) is 0 Å². The van der Waals surface area contributed by atoms with Gasteiger partial charge in [0.15, 0.2) is 0 Å². The van der Waals surface area contributed by atoms with Gasteiger partial charge in [-0.25, -0.2) is 0 Å². The molecule has 0 saturated carbocycles. The Morgan fingerprint density at radius 2 is 1.93 bits per heavy atom. The summed E-state index contributed by atoms with van der Waals surface area (Å²) in [4.78, 5) is 11.3. The maximum absolute atomic E-state index is 11.2. The number of hydrogen-bond acceptors (Lipinski definition) is 3. The normalized spacial score (nSPS) is 10.4. The largest absolute Gasteiger partial charge is 0.399 e. The van der Waals surface area contributed by atoms with Crippen LogP contribution in [0.2, 0.25) is 0 Å². The Balaban J connectivity index is 2.55. The third kappa shape index (κ3) is 1.44. The van der Waals surface area contributed by atoms with Crippen LogP contribution in [0.5, 0.6) is 0 Å². The average molecular weight is 206 g/mol. The Labute approximate surface area is 85.4 Å². The molecule has 0 bridgehead atoms. The summed E-state index contributed by atoms with van der Waals surface area (Å²) < 4.78 is 1.64. The van der Waals surface area contributed by atoms with Crippen LogP contribution in [0.4, 0.5) is 5.69 Å². The van der Waals surface area contributed by atoms with E-state index in [4.69, 9.17) is 5.73 Å². The lowest BCUT2D eigenvalue weighted by Gasteiger charge is -2.01. The van der Waals surface area contributed by atoms with Crippen molar-refractivity contribution in [2.75, 3.05) is 5.73 Å². The molecule has 0 aliphatic carbocycles. The van der Waals surface area contributed by atoms with Crippen molar-refractivity contribution in [1.82, 2.24) is 4.57 Å². The van der Waals surface area contributed by atoms with Crippen LogP contribution in [0.15, 0.2) is 34.4 Å². The molecule has 1 heterocycles. The van der Waals surface area contributed by atoms with Crippen molar-refractivity contribution in [3.63, 3.8) is 0 Å². The second-order valence-corrected chi connectivity index (χ2v) is 3.89. The van der Waals surface area contributed by atoms with Gasteiger partial charge in [-0.2, -0.15) is 0 Å². The molecule has 4 heteroatoms. The molecule has 1 aromatic heterocycles. The smallest absolute Gasteiger partial charge is 0.307 e. The Bertz CT molecular complexity index is 496. The van der Waals surface area contributed by atoms with E-state index in [0.29, 0.717) is 0 Å².